The molecule has 2 atom stereocenters. The molecule has 4 N–H and O–H groups in total. The van der Waals surface area contributed by atoms with E-state index in [0.717, 1.165) is 12.1 Å². The molecule has 82 valence electrons. The number of aliphatic hydroxyl groups excluding tert-OH is 1. The number of rotatable bonds is 2. The summed E-state index contributed by atoms with van der Waals surface area (Å²) in [6, 6.07) is 2.13. The van der Waals surface area contributed by atoms with Crippen LogP contribution >= 0.6 is 0 Å². The number of aromatic nitrogens is 1. The SMILES string of the molecule is CC1(C)C(O)CC1Nc1ccncc1N. The molecule has 0 spiro atoms. The Balaban J connectivity index is 2.08. The molecule has 1 heterocycles. The molecule has 0 aromatic carbocycles. The van der Waals surface area contributed by atoms with Crippen LogP contribution in [0.2, 0.25) is 0 Å². The first-order valence-electron chi connectivity index (χ1n) is 5.16. The highest BCUT2D eigenvalue weighted by molar-refractivity contribution is 5.65. The van der Waals surface area contributed by atoms with Crippen LogP contribution in [0.15, 0.2) is 18.5 Å². The maximum absolute atomic E-state index is 9.61. The number of hydrogen-bond acceptors (Lipinski definition) is 4. The van der Waals surface area contributed by atoms with Gasteiger partial charge in [-0.3, -0.25) is 4.98 Å². The standard InChI is InChI=1S/C11H17N3O/c1-11(2)9(5-10(11)15)14-8-3-4-13-6-7(8)12/h3-4,6,9-10,15H,5,12H2,1-2H3,(H,13,14). The van der Waals surface area contributed by atoms with Gasteiger partial charge in [-0.15, -0.1) is 0 Å². The fourth-order valence-corrected chi connectivity index (χ4v) is 1.87. The molecular formula is C11H17N3O. The molecule has 1 aromatic rings. The first-order valence-corrected chi connectivity index (χ1v) is 5.16. The average Bonchev–Trinajstić information content (AvgIpc) is 2.20. The number of nitrogen functional groups attached to an aromatic ring is 1. The Bertz CT molecular complexity index is 365. The second kappa shape index (κ2) is 3.38. The molecule has 1 aliphatic rings. The Kier molecular flexibility index (Phi) is 2.31. The van der Waals surface area contributed by atoms with Crippen molar-refractivity contribution in [3.05, 3.63) is 18.5 Å². The van der Waals surface area contributed by atoms with Crippen LogP contribution in [-0.2, 0) is 0 Å². The number of nitrogens with two attached hydrogens (primary N) is 1. The van der Waals surface area contributed by atoms with E-state index in [1.165, 1.54) is 0 Å². The predicted molar refractivity (Wildman–Crippen MR) is 60.5 cm³/mol. The molecule has 4 heteroatoms. The number of pyridine rings is 1. The van der Waals surface area contributed by atoms with Crippen LogP contribution in [0.25, 0.3) is 0 Å². The van der Waals surface area contributed by atoms with Crippen LogP contribution in [0.3, 0.4) is 0 Å². The first kappa shape index (κ1) is 10.2. The van der Waals surface area contributed by atoms with E-state index in [0.29, 0.717) is 5.69 Å². The van der Waals surface area contributed by atoms with Crippen molar-refractivity contribution in [1.29, 1.82) is 0 Å². The molecule has 1 aromatic heterocycles. The van der Waals surface area contributed by atoms with Gasteiger partial charge in [0.05, 0.1) is 23.7 Å². The molecule has 1 aliphatic carbocycles. The van der Waals surface area contributed by atoms with Crippen molar-refractivity contribution in [2.24, 2.45) is 5.41 Å². The highest BCUT2D eigenvalue weighted by atomic mass is 16.3. The summed E-state index contributed by atoms with van der Waals surface area (Å²) in [4.78, 5) is 3.93. The number of hydrogen-bond donors (Lipinski definition) is 3. The molecule has 4 nitrogen and oxygen atoms in total. The van der Waals surface area contributed by atoms with Crippen molar-refractivity contribution < 1.29 is 5.11 Å². The number of aliphatic hydroxyl groups is 1. The van der Waals surface area contributed by atoms with Gasteiger partial charge < -0.3 is 16.2 Å². The lowest BCUT2D eigenvalue weighted by Gasteiger charge is -2.49. The van der Waals surface area contributed by atoms with Crippen molar-refractivity contribution in [3.8, 4) is 0 Å². The second-order valence-electron chi connectivity index (χ2n) is 4.73. The topological polar surface area (TPSA) is 71.2 Å². The zero-order valence-electron chi connectivity index (χ0n) is 9.07. The van der Waals surface area contributed by atoms with Crippen molar-refractivity contribution in [1.82, 2.24) is 4.98 Å². The summed E-state index contributed by atoms with van der Waals surface area (Å²) in [5, 5.41) is 13.0. The van der Waals surface area contributed by atoms with Gasteiger partial charge in [-0.25, -0.2) is 0 Å². The van der Waals surface area contributed by atoms with Crippen LogP contribution in [0.1, 0.15) is 20.3 Å². The van der Waals surface area contributed by atoms with Crippen LogP contribution in [0, 0.1) is 5.41 Å². The van der Waals surface area contributed by atoms with Gasteiger partial charge in [0.2, 0.25) is 0 Å². The molecule has 15 heavy (non-hydrogen) atoms. The lowest BCUT2D eigenvalue weighted by molar-refractivity contribution is -0.0510. The summed E-state index contributed by atoms with van der Waals surface area (Å²) >= 11 is 0. The fraction of sp³-hybridized carbons (Fsp3) is 0.545. The molecule has 1 fully saturated rings. The zero-order valence-corrected chi connectivity index (χ0v) is 9.07. The summed E-state index contributed by atoms with van der Waals surface area (Å²) in [6.07, 6.45) is 3.89. The fourth-order valence-electron chi connectivity index (χ4n) is 1.87. The third-order valence-corrected chi connectivity index (χ3v) is 3.40. The minimum absolute atomic E-state index is 0.0876. The number of nitrogens with zero attached hydrogens (tertiary/aromatic N) is 1. The van der Waals surface area contributed by atoms with Crippen molar-refractivity contribution in [2.45, 2.75) is 32.4 Å². The van der Waals surface area contributed by atoms with Gasteiger partial charge in [-0.1, -0.05) is 13.8 Å². The molecule has 0 radical (unpaired) electrons. The maximum atomic E-state index is 9.61. The van der Waals surface area contributed by atoms with Gasteiger partial charge in [0.25, 0.3) is 0 Å². The van der Waals surface area contributed by atoms with Crippen LogP contribution in [0.4, 0.5) is 11.4 Å². The average molecular weight is 207 g/mol. The van der Waals surface area contributed by atoms with Gasteiger partial charge in [0.15, 0.2) is 0 Å². The van der Waals surface area contributed by atoms with Gasteiger partial charge >= 0.3 is 0 Å². The number of anilines is 2. The Morgan fingerprint density at radius 2 is 2.33 bits per heavy atom. The Hall–Kier alpha value is -1.29. The Labute approximate surface area is 89.5 Å². The van der Waals surface area contributed by atoms with E-state index in [4.69, 9.17) is 5.73 Å². The van der Waals surface area contributed by atoms with E-state index in [2.05, 4.69) is 24.1 Å². The molecule has 0 saturated heterocycles. The van der Waals surface area contributed by atoms with E-state index in [-0.39, 0.29) is 17.6 Å². The quantitative estimate of drug-likeness (QED) is 0.682. The smallest absolute Gasteiger partial charge is 0.0736 e. The van der Waals surface area contributed by atoms with E-state index >= 15 is 0 Å². The summed E-state index contributed by atoms with van der Waals surface area (Å²) < 4.78 is 0. The molecule has 0 amide bonds. The van der Waals surface area contributed by atoms with E-state index < -0.39 is 0 Å². The van der Waals surface area contributed by atoms with Crippen molar-refractivity contribution >= 4 is 11.4 Å². The van der Waals surface area contributed by atoms with E-state index in [1.54, 1.807) is 12.4 Å². The third kappa shape index (κ3) is 1.65. The first-order chi connectivity index (χ1) is 7.01. The highest BCUT2D eigenvalue weighted by Gasteiger charge is 2.47. The van der Waals surface area contributed by atoms with E-state index in [1.807, 2.05) is 6.07 Å². The van der Waals surface area contributed by atoms with Gasteiger partial charge in [0, 0.05) is 17.7 Å². The molecule has 2 rings (SSSR count). The van der Waals surface area contributed by atoms with Crippen LogP contribution in [0.5, 0.6) is 0 Å². The minimum atomic E-state index is -0.224. The molecular weight excluding hydrogens is 190 g/mol. The number of nitrogens with one attached hydrogen (secondary N) is 1. The normalized spacial score (nSPS) is 28.2. The maximum Gasteiger partial charge on any atom is 0.0736 e. The molecule has 0 bridgehead atoms. The summed E-state index contributed by atoms with van der Waals surface area (Å²) in [6.45, 7) is 4.10. The summed E-state index contributed by atoms with van der Waals surface area (Å²) in [5.41, 5.74) is 7.24. The van der Waals surface area contributed by atoms with E-state index in [9.17, 15) is 5.11 Å². The minimum Gasteiger partial charge on any atom is -0.396 e. The second-order valence-corrected chi connectivity index (χ2v) is 4.73. The monoisotopic (exact) mass is 207 g/mol. The highest BCUT2D eigenvalue weighted by Crippen LogP contribution is 2.42. The van der Waals surface area contributed by atoms with Crippen molar-refractivity contribution in [3.63, 3.8) is 0 Å². The molecule has 1 saturated carbocycles. The summed E-state index contributed by atoms with van der Waals surface area (Å²) in [5.74, 6) is 0. The lowest BCUT2D eigenvalue weighted by Crippen LogP contribution is -2.56. The zero-order chi connectivity index (χ0) is 11.1. The lowest BCUT2D eigenvalue weighted by atomic mass is 9.64. The summed E-state index contributed by atoms with van der Waals surface area (Å²) in [7, 11) is 0. The van der Waals surface area contributed by atoms with Crippen molar-refractivity contribution in [2.75, 3.05) is 11.1 Å². The van der Waals surface area contributed by atoms with Crippen LogP contribution in [-0.4, -0.2) is 22.2 Å². The van der Waals surface area contributed by atoms with Gasteiger partial charge in [0.1, 0.15) is 0 Å². The Morgan fingerprint density at radius 1 is 1.60 bits per heavy atom. The molecule has 0 aliphatic heterocycles. The van der Waals surface area contributed by atoms with Gasteiger partial charge in [-0.05, 0) is 12.5 Å². The molecule has 2 unspecified atom stereocenters. The largest absolute Gasteiger partial charge is 0.396 e. The van der Waals surface area contributed by atoms with Crippen LogP contribution < -0.4 is 11.1 Å². The van der Waals surface area contributed by atoms with Gasteiger partial charge in [-0.2, -0.15) is 0 Å². The Morgan fingerprint density at radius 3 is 2.87 bits per heavy atom. The predicted octanol–water partition coefficient (Wildman–Crippen LogP) is 1.24. The third-order valence-electron chi connectivity index (χ3n) is 3.40.